The van der Waals surface area contributed by atoms with Gasteiger partial charge < -0.3 is 15.5 Å². The molecule has 0 radical (unpaired) electrons. The fourth-order valence-electron chi connectivity index (χ4n) is 3.03. The van der Waals surface area contributed by atoms with Gasteiger partial charge in [0.25, 0.3) is 0 Å². The summed E-state index contributed by atoms with van der Waals surface area (Å²) < 4.78 is 22.6. The first kappa shape index (κ1) is 20.7. The molecule has 26 heavy (non-hydrogen) atoms. The minimum Gasteiger partial charge on any atom is -0.357 e. The third kappa shape index (κ3) is 6.26. The lowest BCUT2D eigenvalue weighted by Gasteiger charge is -2.35. The fourth-order valence-corrected chi connectivity index (χ4v) is 3.54. The van der Waals surface area contributed by atoms with E-state index in [1.807, 2.05) is 6.92 Å². The molecule has 0 amide bonds. The first-order chi connectivity index (χ1) is 12.3. The van der Waals surface area contributed by atoms with Crippen molar-refractivity contribution < 1.29 is 8.42 Å². The second-order valence-electron chi connectivity index (χ2n) is 6.93. The summed E-state index contributed by atoms with van der Waals surface area (Å²) in [6.07, 6.45) is 2.21. The molecule has 1 aliphatic rings. The van der Waals surface area contributed by atoms with E-state index in [9.17, 15) is 8.42 Å². The van der Waals surface area contributed by atoms with E-state index in [1.54, 1.807) is 12.1 Å². The molecule has 0 saturated carbocycles. The number of piperidine rings is 1. The zero-order valence-electron chi connectivity index (χ0n) is 15.9. The summed E-state index contributed by atoms with van der Waals surface area (Å²) >= 11 is 0. The molecule has 0 bridgehead atoms. The summed E-state index contributed by atoms with van der Waals surface area (Å²) in [5.41, 5.74) is 0.934. The van der Waals surface area contributed by atoms with Gasteiger partial charge in [0.05, 0.1) is 11.4 Å². The Morgan fingerprint density at radius 1 is 1.27 bits per heavy atom. The molecule has 0 spiro atoms. The number of sulfonamides is 1. The van der Waals surface area contributed by atoms with Gasteiger partial charge in [0.2, 0.25) is 10.0 Å². The zero-order chi connectivity index (χ0) is 19.2. The van der Waals surface area contributed by atoms with E-state index >= 15 is 0 Å². The number of nitrogens with two attached hydrogens (primary N) is 1. The number of likely N-dealkylation sites (tertiary alicyclic amines) is 1. The van der Waals surface area contributed by atoms with Crippen molar-refractivity contribution in [3.8, 4) is 0 Å². The van der Waals surface area contributed by atoms with Crippen LogP contribution in [-0.2, 0) is 16.6 Å². The molecule has 1 aliphatic heterocycles. The summed E-state index contributed by atoms with van der Waals surface area (Å²) in [6.45, 7) is 9.99. The van der Waals surface area contributed by atoms with Gasteiger partial charge in [-0.05, 0) is 51.3 Å². The van der Waals surface area contributed by atoms with E-state index in [1.165, 1.54) is 12.1 Å². The largest absolute Gasteiger partial charge is 0.357 e. The van der Waals surface area contributed by atoms with Gasteiger partial charge in [-0.1, -0.05) is 12.1 Å². The highest BCUT2D eigenvalue weighted by molar-refractivity contribution is 7.89. The molecule has 0 aliphatic carbocycles. The second kappa shape index (κ2) is 9.34. The van der Waals surface area contributed by atoms with Gasteiger partial charge in [-0.15, -0.1) is 0 Å². The van der Waals surface area contributed by atoms with Gasteiger partial charge in [0.1, 0.15) is 0 Å². The lowest BCUT2D eigenvalue weighted by Crippen LogP contribution is -2.49. The van der Waals surface area contributed by atoms with E-state index in [4.69, 9.17) is 5.14 Å². The minimum absolute atomic E-state index is 0.118. The number of nitrogens with one attached hydrogen (secondary N) is 2. The average Bonchev–Trinajstić information content (AvgIpc) is 2.60. The number of rotatable bonds is 6. The molecule has 1 aromatic carbocycles. The summed E-state index contributed by atoms with van der Waals surface area (Å²) in [6, 6.07) is 7.54. The van der Waals surface area contributed by atoms with Crippen LogP contribution in [0.25, 0.3) is 0 Å². The van der Waals surface area contributed by atoms with Crippen molar-refractivity contribution in [3.05, 3.63) is 29.8 Å². The zero-order valence-corrected chi connectivity index (χ0v) is 16.7. The second-order valence-corrected chi connectivity index (χ2v) is 8.49. The molecule has 1 saturated heterocycles. The molecular formula is C18H31N5O2S. The van der Waals surface area contributed by atoms with Gasteiger partial charge in [-0.25, -0.2) is 18.5 Å². The Labute approximate surface area is 157 Å². The molecule has 0 atom stereocenters. The lowest BCUT2D eigenvalue weighted by molar-refractivity contribution is 0.167. The Hall–Kier alpha value is -1.64. The van der Waals surface area contributed by atoms with Crippen LogP contribution < -0.4 is 15.8 Å². The summed E-state index contributed by atoms with van der Waals surface area (Å²) in [4.78, 5) is 7.24. The smallest absolute Gasteiger partial charge is 0.238 e. The molecule has 4 N–H and O–H groups in total. The predicted molar refractivity (Wildman–Crippen MR) is 105 cm³/mol. The average molecular weight is 382 g/mol. The van der Waals surface area contributed by atoms with Crippen molar-refractivity contribution in [3.63, 3.8) is 0 Å². The number of nitrogens with zero attached hydrogens (tertiary/aromatic N) is 2. The molecular weight excluding hydrogens is 350 g/mol. The van der Waals surface area contributed by atoms with Gasteiger partial charge in [-0.3, -0.25) is 0 Å². The molecule has 1 aromatic rings. The van der Waals surface area contributed by atoms with Crippen molar-refractivity contribution in [2.75, 3.05) is 19.6 Å². The Kier molecular flexibility index (Phi) is 7.43. The highest BCUT2D eigenvalue weighted by Crippen LogP contribution is 2.13. The molecule has 0 aromatic heterocycles. The number of hydrogen-bond donors (Lipinski definition) is 3. The number of benzene rings is 1. The van der Waals surface area contributed by atoms with Gasteiger partial charge in [0.15, 0.2) is 5.96 Å². The first-order valence-corrected chi connectivity index (χ1v) is 10.7. The quantitative estimate of drug-likeness (QED) is 0.509. The van der Waals surface area contributed by atoms with Gasteiger partial charge >= 0.3 is 0 Å². The van der Waals surface area contributed by atoms with Crippen LogP contribution in [0, 0.1) is 0 Å². The van der Waals surface area contributed by atoms with Crippen LogP contribution >= 0.6 is 0 Å². The van der Waals surface area contributed by atoms with Crippen LogP contribution in [-0.4, -0.2) is 51.0 Å². The molecule has 8 heteroatoms. The molecule has 1 heterocycles. The highest BCUT2D eigenvalue weighted by atomic mass is 32.2. The fraction of sp³-hybridized carbons (Fsp3) is 0.611. The Balaban J connectivity index is 1.94. The van der Waals surface area contributed by atoms with E-state index < -0.39 is 10.0 Å². The Morgan fingerprint density at radius 3 is 2.38 bits per heavy atom. The van der Waals surface area contributed by atoms with Crippen LogP contribution in [0.1, 0.15) is 39.2 Å². The van der Waals surface area contributed by atoms with Crippen molar-refractivity contribution in [1.29, 1.82) is 0 Å². The number of primary sulfonamides is 1. The van der Waals surface area contributed by atoms with Crippen molar-refractivity contribution in [1.82, 2.24) is 15.5 Å². The number of guanidine groups is 1. The standard InChI is InChI=1S/C18H31N5O2S/c1-4-20-18(22-16-9-11-23(12-10-16)14(2)3)21-13-15-5-7-17(8-6-15)26(19,24)25/h5-8,14,16H,4,9-13H2,1-3H3,(H2,19,24,25)(H2,20,21,22). The van der Waals surface area contributed by atoms with E-state index in [0.29, 0.717) is 18.6 Å². The van der Waals surface area contributed by atoms with E-state index in [-0.39, 0.29) is 4.90 Å². The summed E-state index contributed by atoms with van der Waals surface area (Å²) in [5, 5.41) is 11.9. The SMILES string of the molecule is CCNC(=NCc1ccc(S(N)(=O)=O)cc1)NC1CCN(C(C)C)CC1. The molecule has 1 fully saturated rings. The van der Waals surface area contributed by atoms with Crippen molar-refractivity contribution in [2.45, 2.75) is 57.1 Å². The van der Waals surface area contributed by atoms with Crippen molar-refractivity contribution in [2.24, 2.45) is 10.1 Å². The monoisotopic (exact) mass is 381 g/mol. The Bertz CT molecular complexity index is 693. The maximum atomic E-state index is 11.3. The maximum Gasteiger partial charge on any atom is 0.238 e. The number of hydrogen-bond acceptors (Lipinski definition) is 4. The van der Waals surface area contributed by atoms with E-state index in [2.05, 4.69) is 34.4 Å². The third-order valence-corrected chi connectivity index (χ3v) is 5.55. The number of aliphatic imine (C=N–C) groups is 1. The van der Waals surface area contributed by atoms with Crippen LogP contribution in [0.2, 0.25) is 0 Å². The van der Waals surface area contributed by atoms with Crippen LogP contribution in [0.15, 0.2) is 34.2 Å². The van der Waals surface area contributed by atoms with Crippen LogP contribution in [0.3, 0.4) is 0 Å². The van der Waals surface area contributed by atoms with Crippen molar-refractivity contribution >= 4 is 16.0 Å². The Morgan fingerprint density at radius 2 is 1.88 bits per heavy atom. The predicted octanol–water partition coefficient (Wildman–Crippen LogP) is 1.26. The van der Waals surface area contributed by atoms with Gasteiger partial charge in [-0.2, -0.15) is 0 Å². The van der Waals surface area contributed by atoms with Gasteiger partial charge in [0, 0.05) is 31.7 Å². The molecule has 0 unspecified atom stereocenters. The molecule has 2 rings (SSSR count). The third-order valence-electron chi connectivity index (χ3n) is 4.62. The summed E-state index contributed by atoms with van der Waals surface area (Å²) in [7, 11) is -3.65. The first-order valence-electron chi connectivity index (χ1n) is 9.20. The van der Waals surface area contributed by atoms with Crippen LogP contribution in [0.4, 0.5) is 0 Å². The molecule has 7 nitrogen and oxygen atoms in total. The molecule has 146 valence electrons. The van der Waals surface area contributed by atoms with Crippen LogP contribution in [0.5, 0.6) is 0 Å². The minimum atomic E-state index is -3.65. The summed E-state index contributed by atoms with van der Waals surface area (Å²) in [5.74, 6) is 0.797. The maximum absolute atomic E-state index is 11.3. The van der Waals surface area contributed by atoms with E-state index in [0.717, 1.165) is 44.0 Å². The topological polar surface area (TPSA) is 99.8 Å². The highest BCUT2D eigenvalue weighted by Gasteiger charge is 2.21. The normalized spacial score (nSPS) is 17.5. The lowest BCUT2D eigenvalue weighted by atomic mass is 10.0.